The number of esters is 1. The number of nitrogens with zero attached hydrogens (tertiary/aromatic N) is 1. The van der Waals surface area contributed by atoms with Gasteiger partial charge in [0.2, 0.25) is 5.91 Å². The number of amides is 1. The van der Waals surface area contributed by atoms with E-state index < -0.39 is 0 Å². The van der Waals surface area contributed by atoms with Gasteiger partial charge in [0.25, 0.3) is 0 Å². The quantitative estimate of drug-likeness (QED) is 0.723. The third-order valence-corrected chi connectivity index (χ3v) is 4.00. The maximum Gasteiger partial charge on any atom is 0.309 e. The van der Waals surface area contributed by atoms with Gasteiger partial charge >= 0.3 is 5.97 Å². The van der Waals surface area contributed by atoms with Gasteiger partial charge in [-0.25, -0.2) is 0 Å². The summed E-state index contributed by atoms with van der Waals surface area (Å²) in [6.45, 7) is 4.99. The first-order chi connectivity index (χ1) is 9.22. The molecule has 0 unspecified atom stereocenters. The van der Waals surface area contributed by atoms with Crippen molar-refractivity contribution in [3.63, 3.8) is 0 Å². The van der Waals surface area contributed by atoms with Crippen molar-refractivity contribution in [2.75, 3.05) is 32.9 Å². The molecule has 2 heterocycles. The molecule has 2 aliphatic heterocycles. The molecule has 5 heteroatoms. The zero-order valence-corrected chi connectivity index (χ0v) is 11.6. The Morgan fingerprint density at radius 3 is 2.32 bits per heavy atom. The lowest BCUT2D eigenvalue weighted by atomic mass is 9.93. The van der Waals surface area contributed by atoms with Crippen molar-refractivity contribution in [1.29, 1.82) is 0 Å². The Labute approximate surface area is 114 Å². The molecule has 0 aromatic rings. The van der Waals surface area contributed by atoms with Crippen molar-refractivity contribution < 1.29 is 19.1 Å². The smallest absolute Gasteiger partial charge is 0.309 e. The first-order valence-electron chi connectivity index (χ1n) is 7.25. The largest absolute Gasteiger partial charge is 0.466 e. The molecular formula is C14H23NO4. The van der Waals surface area contributed by atoms with Gasteiger partial charge in [-0.05, 0) is 32.6 Å². The summed E-state index contributed by atoms with van der Waals surface area (Å²) >= 11 is 0. The fraction of sp³-hybridized carbons (Fsp3) is 0.857. The number of carbonyl (C=O) groups excluding carboxylic acids is 2. The number of rotatable bonds is 3. The molecule has 0 spiro atoms. The van der Waals surface area contributed by atoms with Gasteiger partial charge in [0.1, 0.15) is 0 Å². The summed E-state index contributed by atoms with van der Waals surface area (Å²) in [5.41, 5.74) is 0. The second kappa shape index (κ2) is 6.89. The van der Waals surface area contributed by atoms with Crippen LogP contribution in [0.15, 0.2) is 0 Å². The number of hydrogen-bond acceptors (Lipinski definition) is 4. The summed E-state index contributed by atoms with van der Waals surface area (Å²) in [5, 5.41) is 0. The number of likely N-dealkylation sites (tertiary alicyclic amines) is 1. The van der Waals surface area contributed by atoms with Gasteiger partial charge in [-0.15, -0.1) is 0 Å². The van der Waals surface area contributed by atoms with Crippen molar-refractivity contribution in [1.82, 2.24) is 4.90 Å². The fourth-order valence-corrected chi connectivity index (χ4v) is 2.80. The van der Waals surface area contributed by atoms with Crippen molar-refractivity contribution in [3.8, 4) is 0 Å². The Morgan fingerprint density at radius 2 is 1.74 bits per heavy atom. The van der Waals surface area contributed by atoms with E-state index >= 15 is 0 Å². The van der Waals surface area contributed by atoms with E-state index in [1.165, 1.54) is 0 Å². The van der Waals surface area contributed by atoms with Crippen molar-refractivity contribution >= 4 is 11.9 Å². The van der Waals surface area contributed by atoms with Crippen LogP contribution in [0.3, 0.4) is 0 Å². The SMILES string of the molecule is CCOC(=O)C1CCN(C(=O)C2CCOCC2)CC1. The Balaban J connectivity index is 1.79. The predicted octanol–water partition coefficient (Wildman–Crippen LogP) is 1.21. The molecule has 0 N–H and O–H groups in total. The van der Waals surface area contributed by atoms with Crippen LogP contribution in [0, 0.1) is 11.8 Å². The summed E-state index contributed by atoms with van der Waals surface area (Å²) < 4.78 is 10.3. The summed E-state index contributed by atoms with van der Waals surface area (Å²) in [6.07, 6.45) is 3.12. The first kappa shape index (κ1) is 14.3. The Kier molecular flexibility index (Phi) is 5.19. The topological polar surface area (TPSA) is 55.8 Å². The molecule has 0 aromatic heterocycles. The van der Waals surface area contributed by atoms with Gasteiger partial charge in [0.05, 0.1) is 12.5 Å². The van der Waals surface area contributed by atoms with E-state index in [-0.39, 0.29) is 23.7 Å². The lowest BCUT2D eigenvalue weighted by molar-refractivity contribution is -0.152. The van der Waals surface area contributed by atoms with Crippen molar-refractivity contribution in [2.24, 2.45) is 11.8 Å². The highest BCUT2D eigenvalue weighted by atomic mass is 16.5. The van der Waals surface area contributed by atoms with Gasteiger partial charge in [-0.2, -0.15) is 0 Å². The molecule has 0 saturated carbocycles. The van der Waals surface area contributed by atoms with Crippen LogP contribution in [-0.4, -0.2) is 49.7 Å². The molecule has 108 valence electrons. The Hall–Kier alpha value is -1.10. The third-order valence-electron chi connectivity index (χ3n) is 4.00. The van der Waals surface area contributed by atoms with Crippen LogP contribution >= 0.6 is 0 Å². The fourth-order valence-electron chi connectivity index (χ4n) is 2.80. The molecule has 1 amide bonds. The molecule has 5 nitrogen and oxygen atoms in total. The van der Waals surface area contributed by atoms with Crippen LogP contribution in [0.25, 0.3) is 0 Å². The lowest BCUT2D eigenvalue weighted by Gasteiger charge is -2.34. The molecule has 0 aliphatic carbocycles. The van der Waals surface area contributed by atoms with E-state index in [0.29, 0.717) is 32.9 Å². The second-order valence-corrected chi connectivity index (χ2v) is 5.24. The van der Waals surface area contributed by atoms with E-state index in [0.717, 1.165) is 25.7 Å². The number of piperidine rings is 1. The number of carbonyl (C=O) groups is 2. The normalized spacial score (nSPS) is 22.3. The van der Waals surface area contributed by atoms with E-state index in [1.54, 1.807) is 0 Å². The highest BCUT2D eigenvalue weighted by Gasteiger charge is 2.31. The zero-order chi connectivity index (χ0) is 13.7. The van der Waals surface area contributed by atoms with E-state index in [1.807, 2.05) is 11.8 Å². The van der Waals surface area contributed by atoms with Gasteiger partial charge in [-0.1, -0.05) is 0 Å². The maximum atomic E-state index is 12.3. The monoisotopic (exact) mass is 269 g/mol. The molecule has 2 rings (SSSR count). The average Bonchev–Trinajstić information content (AvgIpc) is 2.48. The molecule has 0 aromatic carbocycles. The van der Waals surface area contributed by atoms with Crippen LogP contribution < -0.4 is 0 Å². The minimum absolute atomic E-state index is 0.0290. The molecule has 2 aliphatic rings. The predicted molar refractivity (Wildman–Crippen MR) is 69.5 cm³/mol. The highest BCUT2D eigenvalue weighted by molar-refractivity contribution is 5.79. The van der Waals surface area contributed by atoms with Gasteiger partial charge in [0.15, 0.2) is 0 Å². The zero-order valence-electron chi connectivity index (χ0n) is 11.6. The second-order valence-electron chi connectivity index (χ2n) is 5.24. The first-order valence-corrected chi connectivity index (χ1v) is 7.25. The van der Waals surface area contributed by atoms with Crippen LogP contribution in [-0.2, 0) is 19.1 Å². The Bertz CT molecular complexity index is 317. The molecule has 0 bridgehead atoms. The van der Waals surface area contributed by atoms with E-state index in [9.17, 15) is 9.59 Å². The molecule has 0 radical (unpaired) electrons. The molecule has 19 heavy (non-hydrogen) atoms. The van der Waals surface area contributed by atoms with E-state index in [2.05, 4.69) is 0 Å². The van der Waals surface area contributed by atoms with Crippen LogP contribution in [0.4, 0.5) is 0 Å². The molecule has 2 saturated heterocycles. The highest BCUT2D eigenvalue weighted by Crippen LogP contribution is 2.23. The molecule has 2 fully saturated rings. The van der Waals surface area contributed by atoms with Crippen molar-refractivity contribution in [2.45, 2.75) is 32.6 Å². The van der Waals surface area contributed by atoms with Crippen molar-refractivity contribution in [3.05, 3.63) is 0 Å². The summed E-state index contributed by atoms with van der Waals surface area (Å²) in [4.78, 5) is 25.9. The van der Waals surface area contributed by atoms with Crippen LogP contribution in [0.2, 0.25) is 0 Å². The van der Waals surface area contributed by atoms with Crippen LogP contribution in [0.1, 0.15) is 32.6 Å². The lowest BCUT2D eigenvalue weighted by Crippen LogP contribution is -2.44. The summed E-state index contributed by atoms with van der Waals surface area (Å²) in [7, 11) is 0. The minimum atomic E-state index is -0.110. The number of ether oxygens (including phenoxy) is 2. The number of hydrogen-bond donors (Lipinski definition) is 0. The Morgan fingerprint density at radius 1 is 1.11 bits per heavy atom. The summed E-state index contributed by atoms with van der Waals surface area (Å²) in [6, 6.07) is 0. The van der Waals surface area contributed by atoms with Gasteiger partial charge in [0, 0.05) is 32.2 Å². The standard InChI is InChI=1S/C14H23NO4/c1-2-19-14(17)12-3-7-15(8-4-12)13(16)11-5-9-18-10-6-11/h11-12H,2-10H2,1H3. The van der Waals surface area contributed by atoms with Crippen LogP contribution in [0.5, 0.6) is 0 Å². The molecule has 0 atom stereocenters. The maximum absolute atomic E-state index is 12.3. The minimum Gasteiger partial charge on any atom is -0.466 e. The van der Waals surface area contributed by atoms with Gasteiger partial charge in [-0.3, -0.25) is 9.59 Å². The molecular weight excluding hydrogens is 246 g/mol. The van der Waals surface area contributed by atoms with Gasteiger partial charge < -0.3 is 14.4 Å². The average molecular weight is 269 g/mol. The third kappa shape index (κ3) is 3.69. The van der Waals surface area contributed by atoms with E-state index in [4.69, 9.17) is 9.47 Å². The summed E-state index contributed by atoms with van der Waals surface area (Å²) in [5.74, 6) is 0.220.